The zero-order valence-corrected chi connectivity index (χ0v) is 16.3. The van der Waals surface area contributed by atoms with Gasteiger partial charge in [-0.3, -0.25) is 9.59 Å². The molecule has 2 rings (SSSR count). The summed E-state index contributed by atoms with van der Waals surface area (Å²) in [7, 11) is 5.29. The molecule has 1 aromatic rings. The summed E-state index contributed by atoms with van der Waals surface area (Å²) in [4.78, 5) is 28.2. The molecular formula is C17H30N6O4. The summed E-state index contributed by atoms with van der Waals surface area (Å²) in [5.41, 5.74) is 0. The molecule has 0 radical (unpaired) electrons. The molecule has 1 aromatic heterocycles. The van der Waals surface area contributed by atoms with E-state index in [2.05, 4.69) is 15.5 Å². The number of piperidine rings is 1. The van der Waals surface area contributed by atoms with Crippen LogP contribution in [0.5, 0.6) is 0 Å². The third-order valence-electron chi connectivity index (χ3n) is 4.58. The minimum absolute atomic E-state index is 0.0393. The van der Waals surface area contributed by atoms with Gasteiger partial charge in [-0.2, -0.15) is 0 Å². The summed E-state index contributed by atoms with van der Waals surface area (Å²) in [6.07, 6.45) is 2.08. The molecule has 2 heterocycles. The van der Waals surface area contributed by atoms with E-state index >= 15 is 0 Å². The summed E-state index contributed by atoms with van der Waals surface area (Å²) in [5.74, 6) is -0.320. The molecule has 152 valence electrons. The second-order valence-electron chi connectivity index (χ2n) is 7.04. The topological polar surface area (TPSA) is 113 Å². The lowest BCUT2D eigenvalue weighted by atomic mass is 9.93. The van der Waals surface area contributed by atoms with Crippen molar-refractivity contribution in [1.29, 1.82) is 0 Å². The number of aryl methyl sites for hydroxylation is 1. The number of aromatic nitrogens is 3. The lowest BCUT2D eigenvalue weighted by Crippen LogP contribution is -2.52. The molecule has 0 unspecified atom stereocenters. The first-order valence-corrected chi connectivity index (χ1v) is 9.16. The Morgan fingerprint density at radius 1 is 1.44 bits per heavy atom. The van der Waals surface area contributed by atoms with Gasteiger partial charge in [0.2, 0.25) is 11.8 Å². The van der Waals surface area contributed by atoms with Crippen LogP contribution in [-0.2, 0) is 27.4 Å². The summed E-state index contributed by atoms with van der Waals surface area (Å²) in [6.45, 7) is 2.53. The number of aliphatic hydroxyl groups is 1. The largest absolute Gasteiger partial charge is 0.392 e. The Kier molecular flexibility index (Phi) is 8.14. The molecule has 0 aliphatic carbocycles. The lowest BCUT2D eigenvalue weighted by molar-refractivity contribution is -0.140. The maximum Gasteiger partial charge on any atom is 0.236 e. The highest BCUT2D eigenvalue weighted by Crippen LogP contribution is 2.18. The van der Waals surface area contributed by atoms with Crippen LogP contribution in [0.2, 0.25) is 0 Å². The van der Waals surface area contributed by atoms with Gasteiger partial charge in [-0.25, -0.2) is 0 Å². The molecule has 0 aromatic carbocycles. The number of hydrogen-bond donors (Lipinski definition) is 2. The van der Waals surface area contributed by atoms with Crippen molar-refractivity contribution in [1.82, 2.24) is 29.9 Å². The van der Waals surface area contributed by atoms with Gasteiger partial charge in [-0.05, 0) is 26.9 Å². The normalized spacial score (nSPS) is 20.1. The number of amides is 2. The number of carbonyl (C=O) groups excluding carboxylic acids is 2. The fraction of sp³-hybridized carbons (Fsp3) is 0.765. The lowest BCUT2D eigenvalue weighted by Gasteiger charge is -2.35. The van der Waals surface area contributed by atoms with Crippen molar-refractivity contribution in [2.45, 2.75) is 32.0 Å². The Labute approximate surface area is 159 Å². The molecule has 2 amide bonds. The predicted molar refractivity (Wildman–Crippen MR) is 97.6 cm³/mol. The zero-order chi connectivity index (χ0) is 19.8. The molecule has 2 N–H and O–H groups in total. The number of hydrogen-bond acceptors (Lipinski definition) is 7. The zero-order valence-electron chi connectivity index (χ0n) is 16.3. The van der Waals surface area contributed by atoms with Crippen molar-refractivity contribution in [3.63, 3.8) is 0 Å². The van der Waals surface area contributed by atoms with Crippen molar-refractivity contribution >= 4 is 11.8 Å². The number of ether oxygens (including phenoxy) is 1. The number of methoxy groups -OCH3 is 1. The van der Waals surface area contributed by atoms with Gasteiger partial charge >= 0.3 is 0 Å². The van der Waals surface area contributed by atoms with Gasteiger partial charge in [0.1, 0.15) is 6.33 Å². The van der Waals surface area contributed by atoms with E-state index in [1.54, 1.807) is 23.2 Å². The average Bonchev–Trinajstić information content (AvgIpc) is 3.07. The molecular weight excluding hydrogens is 352 g/mol. The highest BCUT2D eigenvalue weighted by molar-refractivity contribution is 5.82. The highest BCUT2D eigenvalue weighted by atomic mass is 16.5. The molecule has 0 saturated carbocycles. The minimum atomic E-state index is -0.757. The number of carbonyl (C=O) groups is 2. The number of aliphatic hydroxyl groups excluding tert-OH is 1. The second-order valence-corrected chi connectivity index (χ2v) is 7.04. The van der Waals surface area contributed by atoms with Gasteiger partial charge < -0.3 is 29.5 Å². The first-order chi connectivity index (χ1) is 12.9. The number of rotatable bonds is 9. The third kappa shape index (κ3) is 6.26. The summed E-state index contributed by atoms with van der Waals surface area (Å²) < 4.78 is 6.90. The van der Waals surface area contributed by atoms with Gasteiger partial charge in [0.15, 0.2) is 5.82 Å². The van der Waals surface area contributed by atoms with Crippen LogP contribution in [-0.4, -0.2) is 95.0 Å². The monoisotopic (exact) mass is 382 g/mol. The van der Waals surface area contributed by atoms with Crippen LogP contribution >= 0.6 is 0 Å². The molecule has 0 bridgehead atoms. The maximum atomic E-state index is 12.6. The van der Waals surface area contributed by atoms with Crippen molar-refractivity contribution < 1.29 is 19.4 Å². The maximum absolute atomic E-state index is 12.6. The van der Waals surface area contributed by atoms with Crippen molar-refractivity contribution in [2.75, 3.05) is 47.4 Å². The van der Waals surface area contributed by atoms with Gasteiger partial charge in [-0.15, -0.1) is 10.2 Å². The van der Waals surface area contributed by atoms with Gasteiger partial charge in [-0.1, -0.05) is 0 Å². The van der Waals surface area contributed by atoms with Crippen molar-refractivity contribution in [3.8, 4) is 0 Å². The first kappa shape index (κ1) is 21.3. The number of nitrogens with zero attached hydrogens (tertiary/aromatic N) is 5. The SMILES string of the molecule is COCCCn1cnnc1CNC(=O)[C@H]1CN(C(=O)CN(C)C)CC[C@H]1O. The van der Waals surface area contributed by atoms with E-state index in [1.165, 1.54) is 0 Å². The Morgan fingerprint density at radius 3 is 2.93 bits per heavy atom. The highest BCUT2D eigenvalue weighted by Gasteiger charge is 2.35. The molecule has 1 aliphatic rings. The van der Waals surface area contributed by atoms with E-state index in [9.17, 15) is 14.7 Å². The van der Waals surface area contributed by atoms with E-state index in [0.29, 0.717) is 31.9 Å². The first-order valence-electron chi connectivity index (χ1n) is 9.16. The van der Waals surface area contributed by atoms with E-state index < -0.39 is 12.0 Å². The van der Waals surface area contributed by atoms with Crippen LogP contribution in [0.25, 0.3) is 0 Å². The molecule has 1 fully saturated rings. The van der Waals surface area contributed by atoms with Crippen LogP contribution in [0.1, 0.15) is 18.7 Å². The molecule has 10 heteroatoms. The fourth-order valence-corrected chi connectivity index (χ4v) is 3.07. The minimum Gasteiger partial charge on any atom is -0.392 e. The standard InChI is InChI=1S/C17H30N6O4/c1-21(2)11-16(25)22-7-5-14(24)13(10-22)17(26)18-9-15-20-19-12-23(15)6-4-8-27-3/h12-14,24H,4-11H2,1-3H3,(H,18,26)/t13-,14+/m0/s1. The summed E-state index contributed by atoms with van der Waals surface area (Å²) in [5, 5.41) is 20.9. The van der Waals surface area contributed by atoms with Gasteiger partial charge in [0.25, 0.3) is 0 Å². The Bertz CT molecular complexity index is 620. The number of likely N-dealkylation sites (tertiary alicyclic amines) is 1. The van der Waals surface area contributed by atoms with E-state index in [4.69, 9.17) is 4.74 Å². The van der Waals surface area contributed by atoms with E-state index in [0.717, 1.165) is 6.42 Å². The molecule has 1 saturated heterocycles. The Morgan fingerprint density at radius 2 is 2.22 bits per heavy atom. The van der Waals surface area contributed by atoms with Crippen LogP contribution in [0, 0.1) is 5.92 Å². The molecule has 27 heavy (non-hydrogen) atoms. The number of likely N-dealkylation sites (N-methyl/N-ethyl adjacent to an activating group) is 1. The molecule has 1 aliphatic heterocycles. The summed E-state index contributed by atoms with van der Waals surface area (Å²) >= 11 is 0. The van der Waals surface area contributed by atoms with Crippen molar-refractivity contribution in [2.24, 2.45) is 5.92 Å². The Hall–Kier alpha value is -2.04. The van der Waals surface area contributed by atoms with Crippen LogP contribution in [0.4, 0.5) is 0 Å². The quantitative estimate of drug-likeness (QED) is 0.511. The third-order valence-corrected chi connectivity index (χ3v) is 4.58. The average molecular weight is 382 g/mol. The summed E-state index contributed by atoms with van der Waals surface area (Å²) in [6, 6.07) is 0. The smallest absolute Gasteiger partial charge is 0.236 e. The molecule has 2 atom stereocenters. The Balaban J connectivity index is 1.89. The predicted octanol–water partition coefficient (Wildman–Crippen LogP) is -1.30. The number of nitrogens with one attached hydrogen (secondary N) is 1. The van der Waals surface area contributed by atoms with Crippen LogP contribution in [0.3, 0.4) is 0 Å². The fourth-order valence-electron chi connectivity index (χ4n) is 3.07. The van der Waals surface area contributed by atoms with E-state index in [1.807, 2.05) is 18.7 Å². The van der Waals surface area contributed by atoms with Crippen LogP contribution < -0.4 is 5.32 Å². The van der Waals surface area contributed by atoms with Crippen LogP contribution in [0.15, 0.2) is 6.33 Å². The van der Waals surface area contributed by atoms with Crippen molar-refractivity contribution in [3.05, 3.63) is 12.2 Å². The molecule has 0 spiro atoms. The van der Waals surface area contributed by atoms with Gasteiger partial charge in [0.05, 0.1) is 25.1 Å². The molecule has 10 nitrogen and oxygen atoms in total. The van der Waals surface area contributed by atoms with E-state index in [-0.39, 0.29) is 31.4 Å². The van der Waals surface area contributed by atoms with Gasteiger partial charge in [0, 0.05) is 33.4 Å². The second kappa shape index (κ2) is 10.3.